The highest BCUT2D eigenvalue weighted by Crippen LogP contribution is 2.36. The van der Waals surface area contributed by atoms with Gasteiger partial charge in [-0.3, -0.25) is 0 Å². The van der Waals surface area contributed by atoms with Crippen LogP contribution in [0.5, 0.6) is 0 Å². The Hall–Kier alpha value is -0.430. The SMILES string of the molecule is CCCNCCc1ccc(S(=O)(=O)NC2(C)CC2)s1. The molecular weight excluding hydrogens is 280 g/mol. The van der Waals surface area contributed by atoms with E-state index in [1.807, 2.05) is 13.0 Å². The Morgan fingerprint density at radius 1 is 1.32 bits per heavy atom. The van der Waals surface area contributed by atoms with Crippen LogP contribution in [0.2, 0.25) is 0 Å². The minimum atomic E-state index is -3.32. The van der Waals surface area contributed by atoms with E-state index in [4.69, 9.17) is 0 Å². The third-order valence-electron chi connectivity index (χ3n) is 3.26. The van der Waals surface area contributed by atoms with Crippen LogP contribution in [-0.4, -0.2) is 27.0 Å². The molecule has 0 atom stereocenters. The summed E-state index contributed by atoms with van der Waals surface area (Å²) in [5.74, 6) is 0. The number of hydrogen-bond acceptors (Lipinski definition) is 4. The molecule has 1 aliphatic carbocycles. The molecule has 1 heterocycles. The topological polar surface area (TPSA) is 58.2 Å². The van der Waals surface area contributed by atoms with E-state index in [1.165, 1.54) is 11.3 Å². The van der Waals surface area contributed by atoms with Crippen LogP contribution in [0.1, 0.15) is 38.0 Å². The second-order valence-electron chi connectivity index (χ2n) is 5.39. The summed E-state index contributed by atoms with van der Waals surface area (Å²) in [7, 11) is -3.32. The van der Waals surface area contributed by atoms with Crippen LogP contribution < -0.4 is 10.0 Å². The van der Waals surface area contributed by atoms with Crippen LogP contribution in [0.4, 0.5) is 0 Å². The standard InChI is InChI=1S/C13H22N2O2S2/c1-3-9-14-10-6-11-4-5-12(18-11)19(16,17)15-13(2)7-8-13/h4-5,14-15H,3,6-10H2,1-2H3. The largest absolute Gasteiger partial charge is 0.316 e. The van der Waals surface area contributed by atoms with E-state index in [0.717, 1.165) is 43.6 Å². The first-order valence-corrected chi connectivity index (χ1v) is 9.09. The van der Waals surface area contributed by atoms with Crippen molar-refractivity contribution in [2.75, 3.05) is 13.1 Å². The number of thiophene rings is 1. The van der Waals surface area contributed by atoms with Gasteiger partial charge in [0, 0.05) is 10.4 Å². The average Bonchev–Trinajstić information content (AvgIpc) is 2.88. The van der Waals surface area contributed by atoms with E-state index in [1.54, 1.807) is 6.07 Å². The number of sulfonamides is 1. The molecule has 1 aromatic rings. The summed E-state index contributed by atoms with van der Waals surface area (Å²) in [6.07, 6.45) is 3.88. The smallest absolute Gasteiger partial charge is 0.250 e. The first kappa shape index (κ1) is 15.0. The van der Waals surface area contributed by atoms with Gasteiger partial charge in [-0.1, -0.05) is 6.92 Å². The molecule has 0 aliphatic heterocycles. The van der Waals surface area contributed by atoms with E-state index < -0.39 is 10.0 Å². The predicted molar refractivity (Wildman–Crippen MR) is 79.1 cm³/mol. The second kappa shape index (κ2) is 5.91. The molecule has 6 heteroatoms. The van der Waals surface area contributed by atoms with E-state index in [0.29, 0.717) is 4.21 Å². The molecule has 0 amide bonds. The molecule has 4 nitrogen and oxygen atoms in total. The monoisotopic (exact) mass is 302 g/mol. The second-order valence-corrected chi connectivity index (χ2v) is 8.46. The zero-order chi connectivity index (χ0) is 13.9. The number of hydrogen-bond donors (Lipinski definition) is 2. The van der Waals surface area contributed by atoms with Gasteiger partial charge in [0.05, 0.1) is 0 Å². The summed E-state index contributed by atoms with van der Waals surface area (Å²) in [6.45, 7) is 6.00. The lowest BCUT2D eigenvalue weighted by molar-refractivity contribution is 0.560. The lowest BCUT2D eigenvalue weighted by Gasteiger charge is -2.10. The van der Waals surface area contributed by atoms with Crippen molar-refractivity contribution >= 4 is 21.4 Å². The van der Waals surface area contributed by atoms with Crippen LogP contribution in [0.15, 0.2) is 16.3 Å². The maximum Gasteiger partial charge on any atom is 0.250 e. The lowest BCUT2D eigenvalue weighted by atomic mass is 10.3. The Balaban J connectivity index is 1.92. The maximum atomic E-state index is 12.2. The summed E-state index contributed by atoms with van der Waals surface area (Å²) in [5.41, 5.74) is -0.203. The van der Waals surface area contributed by atoms with E-state index in [9.17, 15) is 8.42 Å². The molecule has 108 valence electrons. The van der Waals surface area contributed by atoms with Gasteiger partial charge in [-0.15, -0.1) is 11.3 Å². The van der Waals surface area contributed by atoms with Crippen LogP contribution in [0.3, 0.4) is 0 Å². The Kier molecular flexibility index (Phi) is 4.66. The molecule has 1 fully saturated rings. The summed E-state index contributed by atoms with van der Waals surface area (Å²) in [5, 5.41) is 3.32. The third kappa shape index (κ3) is 4.27. The summed E-state index contributed by atoms with van der Waals surface area (Å²) >= 11 is 1.38. The molecule has 2 rings (SSSR count). The molecule has 1 aliphatic rings. The zero-order valence-electron chi connectivity index (χ0n) is 11.5. The van der Waals surface area contributed by atoms with Crippen LogP contribution in [0.25, 0.3) is 0 Å². The van der Waals surface area contributed by atoms with Crippen molar-refractivity contribution < 1.29 is 8.42 Å². The fourth-order valence-electron chi connectivity index (χ4n) is 1.81. The molecule has 2 N–H and O–H groups in total. The van der Waals surface area contributed by atoms with Crippen molar-refractivity contribution in [2.24, 2.45) is 0 Å². The van der Waals surface area contributed by atoms with Gasteiger partial charge >= 0.3 is 0 Å². The normalized spacial score (nSPS) is 17.6. The van der Waals surface area contributed by atoms with Gasteiger partial charge in [0.25, 0.3) is 10.0 Å². The first-order chi connectivity index (χ1) is 8.95. The number of rotatable bonds is 8. The van der Waals surface area contributed by atoms with Crippen LogP contribution >= 0.6 is 11.3 Å². The predicted octanol–water partition coefficient (Wildman–Crippen LogP) is 2.12. The van der Waals surface area contributed by atoms with Crippen molar-refractivity contribution in [3.8, 4) is 0 Å². The Bertz CT molecular complexity index is 519. The summed E-state index contributed by atoms with van der Waals surface area (Å²) < 4.78 is 27.5. The molecule has 0 saturated heterocycles. The summed E-state index contributed by atoms with van der Waals surface area (Å²) in [6, 6.07) is 3.63. The Labute approximate surface area is 119 Å². The van der Waals surface area contributed by atoms with Gasteiger partial charge in [-0.25, -0.2) is 13.1 Å². The molecule has 0 aromatic carbocycles. The van der Waals surface area contributed by atoms with Crippen molar-refractivity contribution in [3.63, 3.8) is 0 Å². The van der Waals surface area contributed by atoms with Gasteiger partial charge < -0.3 is 5.32 Å². The summed E-state index contributed by atoms with van der Waals surface area (Å²) in [4.78, 5) is 1.12. The molecule has 1 aromatic heterocycles. The molecule has 0 bridgehead atoms. The minimum absolute atomic E-state index is 0.203. The molecule has 0 spiro atoms. The molecular formula is C13H22N2O2S2. The van der Waals surface area contributed by atoms with Crippen molar-refractivity contribution in [1.29, 1.82) is 0 Å². The van der Waals surface area contributed by atoms with Gasteiger partial charge in [-0.2, -0.15) is 0 Å². The molecule has 0 radical (unpaired) electrons. The van der Waals surface area contributed by atoms with Crippen molar-refractivity contribution in [3.05, 3.63) is 17.0 Å². The molecule has 1 saturated carbocycles. The Morgan fingerprint density at radius 3 is 2.68 bits per heavy atom. The maximum absolute atomic E-state index is 12.2. The van der Waals surface area contributed by atoms with E-state index >= 15 is 0 Å². The van der Waals surface area contributed by atoms with Crippen LogP contribution in [-0.2, 0) is 16.4 Å². The highest BCUT2D eigenvalue weighted by atomic mass is 32.2. The molecule has 19 heavy (non-hydrogen) atoms. The fourth-order valence-corrected chi connectivity index (χ4v) is 4.63. The van der Waals surface area contributed by atoms with Gasteiger partial charge in [0.1, 0.15) is 4.21 Å². The minimum Gasteiger partial charge on any atom is -0.316 e. The van der Waals surface area contributed by atoms with Crippen molar-refractivity contribution in [2.45, 2.75) is 49.3 Å². The highest BCUT2D eigenvalue weighted by molar-refractivity contribution is 7.91. The van der Waals surface area contributed by atoms with Crippen LogP contribution in [0, 0.1) is 0 Å². The van der Waals surface area contributed by atoms with Gasteiger partial charge in [-0.05, 0) is 57.8 Å². The highest BCUT2D eigenvalue weighted by Gasteiger charge is 2.41. The van der Waals surface area contributed by atoms with Gasteiger partial charge in [0.2, 0.25) is 0 Å². The fraction of sp³-hybridized carbons (Fsp3) is 0.692. The van der Waals surface area contributed by atoms with Crippen molar-refractivity contribution in [1.82, 2.24) is 10.0 Å². The number of nitrogens with one attached hydrogen (secondary N) is 2. The van der Waals surface area contributed by atoms with E-state index in [-0.39, 0.29) is 5.54 Å². The van der Waals surface area contributed by atoms with E-state index in [2.05, 4.69) is 17.0 Å². The third-order valence-corrected chi connectivity index (χ3v) is 6.53. The van der Waals surface area contributed by atoms with Gasteiger partial charge in [0.15, 0.2) is 0 Å². The lowest BCUT2D eigenvalue weighted by Crippen LogP contribution is -2.33. The molecule has 0 unspecified atom stereocenters. The quantitative estimate of drug-likeness (QED) is 0.723. The Morgan fingerprint density at radius 2 is 2.05 bits per heavy atom. The first-order valence-electron chi connectivity index (χ1n) is 6.79. The zero-order valence-corrected chi connectivity index (χ0v) is 13.2. The average molecular weight is 302 g/mol.